The Hall–Kier alpha value is -2.06. The molecule has 5 nitrogen and oxygen atoms in total. The molecule has 2 aromatic rings. The molecule has 3 rings (SSSR count). The van der Waals surface area contributed by atoms with Gasteiger partial charge >= 0.3 is 0 Å². The van der Waals surface area contributed by atoms with Gasteiger partial charge < -0.3 is 4.90 Å². The molecular weight excluding hydrogens is 348 g/mol. The predicted molar refractivity (Wildman–Crippen MR) is 90.9 cm³/mol. The van der Waals surface area contributed by atoms with Crippen molar-refractivity contribution in [2.75, 3.05) is 18.0 Å². The minimum absolute atomic E-state index is 0.325. The van der Waals surface area contributed by atoms with Crippen LogP contribution >= 0.6 is 0 Å². The van der Waals surface area contributed by atoms with E-state index in [9.17, 15) is 17.2 Å². The summed E-state index contributed by atoms with van der Waals surface area (Å²) in [5.74, 6) is -1.67. The Morgan fingerprint density at radius 2 is 1.80 bits per heavy atom. The lowest BCUT2D eigenvalue weighted by Crippen LogP contribution is -2.45. The van der Waals surface area contributed by atoms with E-state index in [1.165, 1.54) is 6.07 Å². The van der Waals surface area contributed by atoms with E-state index < -0.39 is 26.6 Å². The highest BCUT2D eigenvalue weighted by atomic mass is 32.2. The van der Waals surface area contributed by atoms with Crippen LogP contribution in [0.3, 0.4) is 0 Å². The number of aromatic nitrogens is 1. The van der Waals surface area contributed by atoms with Gasteiger partial charge in [-0.25, -0.2) is 26.9 Å². The molecule has 25 heavy (non-hydrogen) atoms. The summed E-state index contributed by atoms with van der Waals surface area (Å²) < 4.78 is 54.2. The minimum atomic E-state index is -4.10. The smallest absolute Gasteiger partial charge is 0.243 e. The van der Waals surface area contributed by atoms with Gasteiger partial charge in [-0.3, -0.25) is 0 Å². The maximum atomic E-state index is 13.8. The number of piperidine rings is 1. The van der Waals surface area contributed by atoms with Crippen molar-refractivity contribution in [3.63, 3.8) is 0 Å². The summed E-state index contributed by atoms with van der Waals surface area (Å²) in [5.41, 5.74) is 0.918. The van der Waals surface area contributed by atoms with Gasteiger partial charge in [0.15, 0.2) is 11.6 Å². The van der Waals surface area contributed by atoms with Gasteiger partial charge in [0, 0.05) is 24.8 Å². The Bertz CT molecular complexity index is 866. The van der Waals surface area contributed by atoms with E-state index in [1.807, 2.05) is 25.1 Å². The molecule has 0 unspecified atom stereocenters. The quantitative estimate of drug-likeness (QED) is 0.902. The molecule has 134 valence electrons. The first kappa shape index (κ1) is 17.8. The standard InChI is InChI=1S/C17H19F2N3O2S/c1-12-4-2-7-16(20-12)22-10-8-13(9-11-22)21-25(23,24)15-6-3-5-14(18)17(15)19/h2-7,13,21H,8-11H2,1H3. The van der Waals surface area contributed by atoms with Crippen molar-refractivity contribution in [2.45, 2.75) is 30.7 Å². The number of rotatable bonds is 4. The van der Waals surface area contributed by atoms with Crippen molar-refractivity contribution in [1.29, 1.82) is 0 Å². The third-order valence-electron chi connectivity index (χ3n) is 4.22. The average Bonchev–Trinajstić information content (AvgIpc) is 2.57. The van der Waals surface area contributed by atoms with Crippen LogP contribution in [0, 0.1) is 18.6 Å². The summed E-state index contributed by atoms with van der Waals surface area (Å²) in [6, 6.07) is 8.57. The molecule has 1 aromatic carbocycles. The van der Waals surface area contributed by atoms with Gasteiger partial charge in [0.05, 0.1) is 0 Å². The maximum absolute atomic E-state index is 13.8. The predicted octanol–water partition coefficient (Wildman–Crippen LogP) is 2.62. The topological polar surface area (TPSA) is 62.3 Å². The third-order valence-corrected chi connectivity index (χ3v) is 5.76. The zero-order valence-corrected chi connectivity index (χ0v) is 14.6. The maximum Gasteiger partial charge on any atom is 0.243 e. The second-order valence-electron chi connectivity index (χ2n) is 6.07. The van der Waals surface area contributed by atoms with Crippen LogP contribution in [0.2, 0.25) is 0 Å². The van der Waals surface area contributed by atoms with E-state index in [0.717, 1.165) is 23.6 Å². The number of aryl methyl sites for hydroxylation is 1. The van der Waals surface area contributed by atoms with Crippen molar-refractivity contribution in [1.82, 2.24) is 9.71 Å². The highest BCUT2D eigenvalue weighted by molar-refractivity contribution is 7.89. The first-order valence-electron chi connectivity index (χ1n) is 8.02. The van der Waals surface area contributed by atoms with Crippen LogP contribution < -0.4 is 9.62 Å². The van der Waals surface area contributed by atoms with E-state index in [4.69, 9.17) is 0 Å². The Morgan fingerprint density at radius 3 is 2.48 bits per heavy atom. The van der Waals surface area contributed by atoms with Gasteiger partial charge in [0.2, 0.25) is 10.0 Å². The van der Waals surface area contributed by atoms with Crippen LogP contribution in [0.4, 0.5) is 14.6 Å². The fourth-order valence-corrected chi connectivity index (χ4v) is 4.30. The van der Waals surface area contributed by atoms with Crippen molar-refractivity contribution in [3.05, 3.63) is 53.7 Å². The van der Waals surface area contributed by atoms with Crippen LogP contribution in [0.25, 0.3) is 0 Å². The summed E-state index contributed by atoms with van der Waals surface area (Å²) in [5, 5.41) is 0. The van der Waals surface area contributed by atoms with Crippen molar-refractivity contribution in [2.24, 2.45) is 0 Å². The molecular formula is C17H19F2N3O2S. The number of hydrogen-bond donors (Lipinski definition) is 1. The third kappa shape index (κ3) is 3.96. The number of nitrogens with one attached hydrogen (secondary N) is 1. The van der Waals surface area contributed by atoms with E-state index in [0.29, 0.717) is 25.9 Å². The van der Waals surface area contributed by atoms with Crippen LogP contribution in [0.1, 0.15) is 18.5 Å². The summed E-state index contributed by atoms with van der Waals surface area (Å²) in [6.45, 7) is 3.18. The van der Waals surface area contributed by atoms with Crippen LogP contribution in [-0.2, 0) is 10.0 Å². The van der Waals surface area contributed by atoms with E-state index in [2.05, 4.69) is 14.6 Å². The summed E-state index contributed by atoms with van der Waals surface area (Å²) in [6.07, 6.45) is 1.12. The Labute approximate surface area is 145 Å². The summed E-state index contributed by atoms with van der Waals surface area (Å²) in [7, 11) is -4.10. The Kier molecular flexibility index (Phi) is 5.01. The van der Waals surface area contributed by atoms with Crippen molar-refractivity contribution in [3.8, 4) is 0 Å². The SMILES string of the molecule is Cc1cccc(N2CCC(NS(=O)(=O)c3cccc(F)c3F)CC2)n1. The number of nitrogens with zero attached hydrogens (tertiary/aromatic N) is 2. The highest BCUT2D eigenvalue weighted by Crippen LogP contribution is 2.21. The number of pyridine rings is 1. The lowest BCUT2D eigenvalue weighted by atomic mass is 10.1. The molecule has 0 radical (unpaired) electrons. The monoisotopic (exact) mass is 367 g/mol. The molecule has 0 amide bonds. The molecule has 0 aliphatic carbocycles. The van der Waals surface area contributed by atoms with Gasteiger partial charge in [-0.2, -0.15) is 0 Å². The Morgan fingerprint density at radius 1 is 1.12 bits per heavy atom. The molecule has 1 aromatic heterocycles. The minimum Gasteiger partial charge on any atom is -0.356 e. The zero-order valence-electron chi connectivity index (χ0n) is 13.7. The molecule has 0 atom stereocenters. The molecule has 2 heterocycles. The molecule has 0 bridgehead atoms. The number of hydrogen-bond acceptors (Lipinski definition) is 4. The molecule has 1 aliphatic heterocycles. The Balaban J connectivity index is 1.66. The van der Waals surface area contributed by atoms with Gasteiger partial charge in [0.1, 0.15) is 10.7 Å². The number of anilines is 1. The lowest BCUT2D eigenvalue weighted by Gasteiger charge is -2.33. The average molecular weight is 367 g/mol. The van der Waals surface area contributed by atoms with E-state index in [-0.39, 0.29) is 6.04 Å². The molecule has 0 saturated carbocycles. The lowest BCUT2D eigenvalue weighted by molar-refractivity contribution is 0.451. The number of halogens is 2. The molecule has 8 heteroatoms. The second kappa shape index (κ2) is 7.05. The molecule has 1 N–H and O–H groups in total. The van der Waals surface area contributed by atoms with Crippen LogP contribution in [0.15, 0.2) is 41.3 Å². The molecule has 1 saturated heterocycles. The summed E-state index contributed by atoms with van der Waals surface area (Å²) in [4.78, 5) is 5.89. The number of benzene rings is 1. The first-order chi connectivity index (χ1) is 11.9. The fraction of sp³-hybridized carbons (Fsp3) is 0.353. The fourth-order valence-electron chi connectivity index (χ4n) is 2.91. The van der Waals surface area contributed by atoms with E-state index >= 15 is 0 Å². The van der Waals surface area contributed by atoms with Gasteiger partial charge in [-0.15, -0.1) is 0 Å². The zero-order chi connectivity index (χ0) is 18.0. The molecule has 1 fully saturated rings. The van der Waals surface area contributed by atoms with Crippen molar-refractivity contribution < 1.29 is 17.2 Å². The van der Waals surface area contributed by atoms with Crippen LogP contribution in [-0.4, -0.2) is 32.5 Å². The van der Waals surface area contributed by atoms with Gasteiger partial charge in [-0.05, 0) is 44.0 Å². The van der Waals surface area contributed by atoms with Gasteiger partial charge in [0.25, 0.3) is 0 Å². The molecule has 0 spiro atoms. The highest BCUT2D eigenvalue weighted by Gasteiger charge is 2.27. The second-order valence-corrected chi connectivity index (χ2v) is 7.75. The molecule has 1 aliphatic rings. The van der Waals surface area contributed by atoms with E-state index in [1.54, 1.807) is 0 Å². The summed E-state index contributed by atoms with van der Waals surface area (Å²) >= 11 is 0. The largest absolute Gasteiger partial charge is 0.356 e. The van der Waals surface area contributed by atoms with Gasteiger partial charge in [-0.1, -0.05) is 12.1 Å². The number of sulfonamides is 1. The van der Waals surface area contributed by atoms with Crippen molar-refractivity contribution >= 4 is 15.8 Å². The first-order valence-corrected chi connectivity index (χ1v) is 9.50. The normalized spacial score (nSPS) is 16.2. The van der Waals surface area contributed by atoms with Crippen LogP contribution in [0.5, 0.6) is 0 Å².